The second-order valence-electron chi connectivity index (χ2n) is 6.04. The number of fused-ring (bicyclic) bond motifs is 1. The third kappa shape index (κ3) is 3.44. The van der Waals surface area contributed by atoms with Crippen molar-refractivity contribution in [2.24, 2.45) is 0 Å². The molecule has 4 rings (SSSR count). The van der Waals surface area contributed by atoms with E-state index in [1.165, 1.54) is 17.4 Å². The summed E-state index contributed by atoms with van der Waals surface area (Å²) in [5.74, 6) is -0.0241. The average Bonchev–Trinajstić information content (AvgIpc) is 3.34. The number of nitrogens with zero attached hydrogens (tertiary/aromatic N) is 3. The smallest absolute Gasteiger partial charge is 0.315 e. The number of esters is 1. The Morgan fingerprint density at radius 1 is 1.27 bits per heavy atom. The fourth-order valence-electron chi connectivity index (χ4n) is 3.04. The number of anilines is 1. The molecule has 2 heterocycles. The molecule has 0 unspecified atom stereocenters. The lowest BCUT2D eigenvalue weighted by Gasteiger charge is -2.08. The van der Waals surface area contributed by atoms with E-state index < -0.39 is 5.97 Å². The monoisotopic (exact) mass is 354 g/mol. The van der Waals surface area contributed by atoms with E-state index in [0.29, 0.717) is 18.3 Å². The highest BCUT2D eigenvalue weighted by molar-refractivity contribution is 5.71. The van der Waals surface area contributed by atoms with Gasteiger partial charge in [-0.2, -0.15) is 4.98 Å². The van der Waals surface area contributed by atoms with Gasteiger partial charge in [0.25, 0.3) is 11.9 Å². The Balaban J connectivity index is 1.39. The van der Waals surface area contributed by atoms with E-state index in [2.05, 4.69) is 32.6 Å². The SMILES string of the molecule is CCOC(=O)Cc1nnc(-c2coc(NC3Cc4ccccc4C3)n2)o1. The van der Waals surface area contributed by atoms with Gasteiger partial charge in [0.1, 0.15) is 12.7 Å². The molecule has 26 heavy (non-hydrogen) atoms. The predicted octanol–water partition coefficient (Wildman–Crippen LogP) is 2.41. The van der Waals surface area contributed by atoms with E-state index in [9.17, 15) is 4.79 Å². The summed E-state index contributed by atoms with van der Waals surface area (Å²) in [6, 6.07) is 9.02. The highest BCUT2D eigenvalue weighted by Crippen LogP contribution is 2.25. The van der Waals surface area contributed by atoms with Crippen molar-refractivity contribution in [3.63, 3.8) is 0 Å². The molecule has 0 saturated carbocycles. The van der Waals surface area contributed by atoms with Crippen LogP contribution in [0.15, 0.2) is 39.4 Å². The summed E-state index contributed by atoms with van der Waals surface area (Å²) in [6.07, 6.45) is 3.24. The van der Waals surface area contributed by atoms with Crippen LogP contribution in [-0.2, 0) is 28.8 Å². The Kier molecular flexibility index (Phi) is 4.39. The van der Waals surface area contributed by atoms with Crippen LogP contribution in [-0.4, -0.2) is 33.8 Å². The lowest BCUT2D eigenvalue weighted by molar-refractivity contribution is -0.142. The van der Waals surface area contributed by atoms with Crippen molar-refractivity contribution in [1.82, 2.24) is 15.2 Å². The number of hydrogen-bond donors (Lipinski definition) is 1. The summed E-state index contributed by atoms with van der Waals surface area (Å²) >= 11 is 0. The minimum absolute atomic E-state index is 0.0653. The molecule has 8 heteroatoms. The van der Waals surface area contributed by atoms with Gasteiger partial charge in [0, 0.05) is 6.04 Å². The number of ether oxygens (including phenoxy) is 1. The second-order valence-corrected chi connectivity index (χ2v) is 6.04. The van der Waals surface area contributed by atoms with Crippen molar-refractivity contribution >= 4 is 12.0 Å². The van der Waals surface area contributed by atoms with E-state index in [1.807, 2.05) is 12.1 Å². The third-order valence-corrected chi connectivity index (χ3v) is 4.17. The standard InChI is InChI=1S/C18H18N4O4/c1-2-24-16(23)9-15-21-22-17(26-15)14-10-25-18(20-14)19-13-7-11-5-3-4-6-12(11)8-13/h3-6,10,13H,2,7-9H2,1H3,(H,19,20). The molecule has 0 radical (unpaired) electrons. The average molecular weight is 354 g/mol. The minimum Gasteiger partial charge on any atom is -0.466 e. The highest BCUT2D eigenvalue weighted by atomic mass is 16.5. The van der Waals surface area contributed by atoms with Crippen LogP contribution >= 0.6 is 0 Å². The van der Waals surface area contributed by atoms with Gasteiger partial charge in [0.15, 0.2) is 5.69 Å². The van der Waals surface area contributed by atoms with Gasteiger partial charge < -0.3 is 18.9 Å². The Morgan fingerprint density at radius 2 is 2.04 bits per heavy atom. The Morgan fingerprint density at radius 3 is 2.77 bits per heavy atom. The number of aromatic nitrogens is 3. The minimum atomic E-state index is -0.411. The first-order valence-electron chi connectivity index (χ1n) is 8.48. The molecule has 1 aromatic carbocycles. The van der Waals surface area contributed by atoms with E-state index in [1.54, 1.807) is 6.92 Å². The molecule has 0 spiro atoms. The van der Waals surface area contributed by atoms with Gasteiger partial charge in [0.2, 0.25) is 5.89 Å². The first-order chi connectivity index (χ1) is 12.7. The van der Waals surface area contributed by atoms with Crippen LogP contribution in [0.1, 0.15) is 23.9 Å². The number of nitrogens with one attached hydrogen (secondary N) is 1. The normalized spacial score (nSPS) is 13.6. The quantitative estimate of drug-likeness (QED) is 0.673. The second kappa shape index (κ2) is 6.99. The summed E-state index contributed by atoms with van der Waals surface area (Å²) in [5.41, 5.74) is 3.11. The lowest BCUT2D eigenvalue weighted by atomic mass is 10.1. The highest BCUT2D eigenvalue weighted by Gasteiger charge is 2.23. The fraction of sp³-hybridized carbons (Fsp3) is 0.333. The molecule has 0 atom stereocenters. The lowest BCUT2D eigenvalue weighted by Crippen LogP contribution is -2.19. The van der Waals surface area contributed by atoms with Gasteiger partial charge in [-0.15, -0.1) is 10.2 Å². The number of carbonyl (C=O) groups excluding carboxylic acids is 1. The summed E-state index contributed by atoms with van der Waals surface area (Å²) in [7, 11) is 0. The molecule has 8 nitrogen and oxygen atoms in total. The number of oxazole rings is 1. The molecule has 1 aliphatic rings. The van der Waals surface area contributed by atoms with Crippen molar-refractivity contribution in [2.75, 3.05) is 11.9 Å². The van der Waals surface area contributed by atoms with Crippen LogP contribution in [0.3, 0.4) is 0 Å². The van der Waals surface area contributed by atoms with Gasteiger partial charge in [-0.25, -0.2) is 0 Å². The molecular formula is C18H18N4O4. The van der Waals surface area contributed by atoms with Gasteiger partial charge in [-0.05, 0) is 30.9 Å². The van der Waals surface area contributed by atoms with Crippen LogP contribution in [0.5, 0.6) is 0 Å². The van der Waals surface area contributed by atoms with Crippen molar-refractivity contribution in [2.45, 2.75) is 32.2 Å². The van der Waals surface area contributed by atoms with Gasteiger partial charge in [-0.1, -0.05) is 24.3 Å². The molecule has 134 valence electrons. The van der Waals surface area contributed by atoms with Crippen molar-refractivity contribution < 1.29 is 18.4 Å². The zero-order valence-electron chi connectivity index (χ0n) is 14.3. The zero-order chi connectivity index (χ0) is 17.9. The molecule has 1 aliphatic carbocycles. The van der Waals surface area contributed by atoms with Crippen LogP contribution in [0.2, 0.25) is 0 Å². The summed E-state index contributed by atoms with van der Waals surface area (Å²) in [4.78, 5) is 15.8. The van der Waals surface area contributed by atoms with E-state index in [-0.39, 0.29) is 24.2 Å². The molecule has 0 amide bonds. The molecular weight excluding hydrogens is 336 g/mol. The largest absolute Gasteiger partial charge is 0.466 e. The number of benzene rings is 1. The summed E-state index contributed by atoms with van der Waals surface area (Å²) in [5, 5.41) is 11.0. The van der Waals surface area contributed by atoms with Crippen molar-refractivity contribution in [3.05, 3.63) is 47.5 Å². The van der Waals surface area contributed by atoms with Crippen LogP contribution in [0.4, 0.5) is 6.01 Å². The Hall–Kier alpha value is -3.16. The predicted molar refractivity (Wildman–Crippen MR) is 91.4 cm³/mol. The first-order valence-corrected chi connectivity index (χ1v) is 8.48. The first kappa shape index (κ1) is 16.3. The van der Waals surface area contributed by atoms with Gasteiger partial charge >= 0.3 is 5.97 Å². The summed E-state index contributed by atoms with van der Waals surface area (Å²) in [6.45, 7) is 2.05. The number of rotatable bonds is 6. The fourth-order valence-corrected chi connectivity index (χ4v) is 3.04. The van der Waals surface area contributed by atoms with Crippen LogP contribution in [0, 0.1) is 0 Å². The summed E-state index contributed by atoms with van der Waals surface area (Å²) < 4.78 is 15.8. The number of carbonyl (C=O) groups is 1. The Bertz CT molecular complexity index is 892. The molecule has 2 aromatic heterocycles. The molecule has 0 saturated heterocycles. The van der Waals surface area contributed by atoms with E-state index in [4.69, 9.17) is 13.6 Å². The maximum absolute atomic E-state index is 11.5. The van der Waals surface area contributed by atoms with E-state index in [0.717, 1.165) is 12.8 Å². The Labute approximate surface area is 149 Å². The van der Waals surface area contributed by atoms with Gasteiger partial charge in [-0.3, -0.25) is 4.79 Å². The molecule has 3 aromatic rings. The topological polar surface area (TPSA) is 103 Å². The third-order valence-electron chi connectivity index (χ3n) is 4.17. The maximum atomic E-state index is 11.5. The van der Waals surface area contributed by atoms with Crippen LogP contribution in [0.25, 0.3) is 11.6 Å². The van der Waals surface area contributed by atoms with Crippen molar-refractivity contribution in [1.29, 1.82) is 0 Å². The number of hydrogen-bond acceptors (Lipinski definition) is 8. The zero-order valence-corrected chi connectivity index (χ0v) is 14.3. The molecule has 1 N–H and O–H groups in total. The van der Waals surface area contributed by atoms with Crippen LogP contribution < -0.4 is 5.32 Å². The van der Waals surface area contributed by atoms with E-state index >= 15 is 0 Å². The molecule has 0 bridgehead atoms. The van der Waals surface area contributed by atoms with Crippen molar-refractivity contribution in [3.8, 4) is 11.6 Å². The molecule has 0 fully saturated rings. The van der Waals surface area contributed by atoms with Gasteiger partial charge in [0.05, 0.1) is 6.61 Å². The maximum Gasteiger partial charge on any atom is 0.315 e. The molecule has 0 aliphatic heterocycles.